The van der Waals surface area contributed by atoms with E-state index in [0.29, 0.717) is 23.2 Å². The fraction of sp³-hybridized carbons (Fsp3) is 0.333. The van der Waals surface area contributed by atoms with Crippen LogP contribution in [0.1, 0.15) is 16.2 Å². The number of thioether (sulfide) groups is 1. The SMILES string of the molecule is COCCCNC(=O)CSc1nnc(C(=O)Nc2ccccc2)s1. The van der Waals surface area contributed by atoms with Crippen molar-refractivity contribution in [3.63, 3.8) is 0 Å². The van der Waals surface area contributed by atoms with Crippen molar-refractivity contribution in [2.75, 3.05) is 31.3 Å². The number of methoxy groups -OCH3 is 1. The topological polar surface area (TPSA) is 93.2 Å². The van der Waals surface area contributed by atoms with E-state index in [9.17, 15) is 9.59 Å². The molecule has 2 rings (SSSR count). The van der Waals surface area contributed by atoms with Gasteiger partial charge in [0.05, 0.1) is 5.75 Å². The molecule has 0 fully saturated rings. The number of carbonyl (C=O) groups excluding carboxylic acids is 2. The lowest BCUT2D eigenvalue weighted by molar-refractivity contribution is -0.118. The van der Waals surface area contributed by atoms with E-state index in [4.69, 9.17) is 4.74 Å². The van der Waals surface area contributed by atoms with Crippen molar-refractivity contribution in [2.24, 2.45) is 0 Å². The third-order valence-electron chi connectivity index (χ3n) is 2.81. The van der Waals surface area contributed by atoms with E-state index in [1.165, 1.54) is 11.8 Å². The molecule has 0 aliphatic carbocycles. The molecule has 2 amide bonds. The number of nitrogens with zero attached hydrogens (tertiary/aromatic N) is 2. The maximum atomic E-state index is 12.1. The predicted octanol–water partition coefficient (Wildman–Crippen LogP) is 2.04. The highest BCUT2D eigenvalue weighted by atomic mass is 32.2. The van der Waals surface area contributed by atoms with Gasteiger partial charge in [-0.3, -0.25) is 9.59 Å². The summed E-state index contributed by atoms with van der Waals surface area (Å²) < 4.78 is 5.49. The summed E-state index contributed by atoms with van der Waals surface area (Å²) in [6.45, 7) is 1.19. The summed E-state index contributed by atoms with van der Waals surface area (Å²) in [6.07, 6.45) is 0.773. The Hall–Kier alpha value is -1.97. The monoisotopic (exact) mass is 366 g/mol. The smallest absolute Gasteiger partial charge is 0.286 e. The number of rotatable bonds is 9. The Labute approximate surface area is 148 Å². The van der Waals surface area contributed by atoms with Crippen LogP contribution in [0.3, 0.4) is 0 Å². The minimum absolute atomic E-state index is 0.0819. The Morgan fingerprint density at radius 1 is 1.25 bits per heavy atom. The molecule has 0 radical (unpaired) electrons. The Bertz CT molecular complexity index is 664. The summed E-state index contributed by atoms with van der Waals surface area (Å²) in [6, 6.07) is 9.13. The Balaban J connectivity index is 1.76. The fourth-order valence-electron chi connectivity index (χ4n) is 1.69. The first-order valence-corrected chi connectivity index (χ1v) is 9.07. The van der Waals surface area contributed by atoms with E-state index in [1.807, 2.05) is 18.2 Å². The van der Waals surface area contributed by atoms with Gasteiger partial charge in [-0.05, 0) is 18.6 Å². The van der Waals surface area contributed by atoms with Crippen molar-refractivity contribution in [1.82, 2.24) is 15.5 Å². The van der Waals surface area contributed by atoms with Crippen LogP contribution >= 0.6 is 23.1 Å². The van der Waals surface area contributed by atoms with Gasteiger partial charge in [-0.2, -0.15) is 0 Å². The number of ether oxygens (including phenoxy) is 1. The van der Waals surface area contributed by atoms with Crippen molar-refractivity contribution >= 4 is 40.6 Å². The molecule has 2 aromatic rings. The lowest BCUT2D eigenvalue weighted by atomic mass is 10.3. The fourth-order valence-corrected chi connectivity index (χ4v) is 3.27. The maximum absolute atomic E-state index is 12.1. The minimum atomic E-state index is -0.311. The molecule has 0 saturated heterocycles. The van der Waals surface area contributed by atoms with Crippen LogP contribution in [-0.4, -0.2) is 48.0 Å². The van der Waals surface area contributed by atoms with Crippen molar-refractivity contribution < 1.29 is 14.3 Å². The van der Waals surface area contributed by atoms with Crippen LogP contribution in [0.4, 0.5) is 5.69 Å². The van der Waals surface area contributed by atoms with Crippen LogP contribution < -0.4 is 10.6 Å². The number of para-hydroxylation sites is 1. The number of hydrogen-bond donors (Lipinski definition) is 2. The van der Waals surface area contributed by atoms with Gasteiger partial charge in [0.15, 0.2) is 4.34 Å². The molecule has 0 aliphatic heterocycles. The predicted molar refractivity (Wildman–Crippen MR) is 94.5 cm³/mol. The van der Waals surface area contributed by atoms with E-state index >= 15 is 0 Å². The Kier molecular flexibility index (Phi) is 7.66. The lowest BCUT2D eigenvalue weighted by Gasteiger charge is -2.03. The lowest BCUT2D eigenvalue weighted by Crippen LogP contribution is -2.26. The molecule has 1 heterocycles. The van der Waals surface area contributed by atoms with Gasteiger partial charge in [0.2, 0.25) is 10.9 Å². The molecule has 0 unspecified atom stereocenters. The summed E-state index contributed by atoms with van der Waals surface area (Å²) in [5.74, 6) is -0.154. The number of amides is 2. The normalized spacial score (nSPS) is 10.4. The van der Waals surface area contributed by atoms with Crippen LogP contribution in [0.15, 0.2) is 34.7 Å². The third-order valence-corrected chi connectivity index (χ3v) is 4.86. The molecule has 1 aromatic carbocycles. The number of anilines is 1. The quantitative estimate of drug-likeness (QED) is 0.521. The molecule has 7 nitrogen and oxygen atoms in total. The second kappa shape index (κ2) is 10.0. The number of benzene rings is 1. The summed E-state index contributed by atoms with van der Waals surface area (Å²) >= 11 is 2.42. The van der Waals surface area contributed by atoms with Gasteiger partial charge >= 0.3 is 0 Å². The van der Waals surface area contributed by atoms with Gasteiger partial charge < -0.3 is 15.4 Å². The van der Waals surface area contributed by atoms with E-state index in [-0.39, 0.29) is 22.6 Å². The van der Waals surface area contributed by atoms with E-state index in [1.54, 1.807) is 19.2 Å². The summed E-state index contributed by atoms with van der Waals surface area (Å²) in [7, 11) is 1.62. The van der Waals surface area contributed by atoms with E-state index in [2.05, 4.69) is 20.8 Å². The van der Waals surface area contributed by atoms with Crippen molar-refractivity contribution in [3.05, 3.63) is 35.3 Å². The molecule has 0 aliphatic rings. The first kappa shape index (κ1) is 18.4. The van der Waals surface area contributed by atoms with E-state index in [0.717, 1.165) is 17.8 Å². The van der Waals surface area contributed by atoms with Gasteiger partial charge in [-0.25, -0.2) is 0 Å². The highest BCUT2D eigenvalue weighted by Crippen LogP contribution is 2.22. The van der Waals surface area contributed by atoms with Crippen molar-refractivity contribution in [1.29, 1.82) is 0 Å². The Morgan fingerprint density at radius 2 is 2.04 bits per heavy atom. The third kappa shape index (κ3) is 6.26. The molecule has 9 heteroatoms. The van der Waals surface area contributed by atoms with Crippen LogP contribution in [0, 0.1) is 0 Å². The highest BCUT2D eigenvalue weighted by Gasteiger charge is 2.14. The molecule has 24 heavy (non-hydrogen) atoms. The molecule has 0 bridgehead atoms. The molecular weight excluding hydrogens is 348 g/mol. The maximum Gasteiger partial charge on any atom is 0.286 e. The number of carbonyl (C=O) groups is 2. The van der Waals surface area contributed by atoms with Crippen molar-refractivity contribution in [3.8, 4) is 0 Å². The first-order valence-electron chi connectivity index (χ1n) is 7.27. The average Bonchev–Trinajstić information content (AvgIpc) is 3.07. The van der Waals surface area contributed by atoms with Gasteiger partial charge in [0.25, 0.3) is 5.91 Å². The molecule has 0 spiro atoms. The molecule has 0 saturated carbocycles. The molecule has 1 aromatic heterocycles. The number of hydrogen-bond acceptors (Lipinski definition) is 7. The second-order valence-electron chi connectivity index (χ2n) is 4.68. The van der Waals surface area contributed by atoms with Crippen LogP contribution in [-0.2, 0) is 9.53 Å². The largest absolute Gasteiger partial charge is 0.385 e. The van der Waals surface area contributed by atoms with Gasteiger partial charge in [-0.15, -0.1) is 10.2 Å². The first-order chi connectivity index (χ1) is 11.7. The second-order valence-corrected chi connectivity index (χ2v) is 6.88. The van der Waals surface area contributed by atoms with Gasteiger partial charge in [0.1, 0.15) is 0 Å². The van der Waals surface area contributed by atoms with Gasteiger partial charge in [-0.1, -0.05) is 41.3 Å². The van der Waals surface area contributed by atoms with Gasteiger partial charge in [0, 0.05) is 25.9 Å². The molecule has 0 atom stereocenters. The van der Waals surface area contributed by atoms with Crippen LogP contribution in [0.2, 0.25) is 0 Å². The summed E-state index contributed by atoms with van der Waals surface area (Å²) in [4.78, 5) is 23.7. The van der Waals surface area contributed by atoms with Crippen molar-refractivity contribution in [2.45, 2.75) is 10.8 Å². The average molecular weight is 366 g/mol. The zero-order valence-electron chi connectivity index (χ0n) is 13.2. The number of nitrogens with one attached hydrogen (secondary N) is 2. The van der Waals surface area contributed by atoms with Crippen LogP contribution in [0.5, 0.6) is 0 Å². The zero-order chi connectivity index (χ0) is 17.2. The van der Waals surface area contributed by atoms with E-state index < -0.39 is 0 Å². The highest BCUT2D eigenvalue weighted by molar-refractivity contribution is 8.01. The molecular formula is C15H18N4O3S2. The Morgan fingerprint density at radius 3 is 2.79 bits per heavy atom. The minimum Gasteiger partial charge on any atom is -0.385 e. The van der Waals surface area contributed by atoms with Crippen LogP contribution in [0.25, 0.3) is 0 Å². The summed E-state index contributed by atoms with van der Waals surface area (Å²) in [5, 5.41) is 13.6. The molecule has 128 valence electrons. The number of aromatic nitrogens is 2. The standard InChI is InChI=1S/C15H18N4O3S2/c1-22-9-5-8-16-12(20)10-23-15-19-18-14(24-15)13(21)17-11-6-3-2-4-7-11/h2-4,6-7H,5,8-10H2,1H3,(H,16,20)(H,17,21). The summed E-state index contributed by atoms with van der Waals surface area (Å²) in [5.41, 5.74) is 0.697. The molecule has 2 N–H and O–H groups in total. The zero-order valence-corrected chi connectivity index (χ0v) is 14.8.